The van der Waals surface area contributed by atoms with Gasteiger partial charge in [0.05, 0.1) is 0 Å². The maximum absolute atomic E-state index is 3.48. The third-order valence-corrected chi connectivity index (χ3v) is 2.12. The van der Waals surface area contributed by atoms with Crippen LogP contribution in [-0.4, -0.2) is 12.1 Å². The Bertz CT molecular complexity index is 76.4. The quantitative estimate of drug-likeness (QED) is 0.489. The molecule has 0 aliphatic carbocycles. The molecular formula is C7H11N. The Hall–Kier alpha value is -0.0400. The van der Waals surface area contributed by atoms with Gasteiger partial charge in [-0.15, -0.1) is 0 Å². The van der Waals surface area contributed by atoms with Crippen molar-refractivity contribution in [1.29, 1.82) is 0 Å². The monoisotopic (exact) mass is 109 g/mol. The molecule has 2 rings (SSSR count). The average Bonchev–Trinajstić information content (AvgIpc) is 2.12. The fourth-order valence-electron chi connectivity index (χ4n) is 1.64. The van der Waals surface area contributed by atoms with Crippen LogP contribution in [0.4, 0.5) is 0 Å². The topological polar surface area (TPSA) is 12.0 Å². The van der Waals surface area contributed by atoms with Crippen molar-refractivity contribution < 1.29 is 0 Å². The van der Waals surface area contributed by atoms with Crippen molar-refractivity contribution in [2.24, 2.45) is 0 Å². The van der Waals surface area contributed by atoms with Crippen LogP contribution in [0.3, 0.4) is 0 Å². The number of fused-ring (bicyclic) bond motifs is 2. The molecule has 2 aliphatic heterocycles. The minimum Gasteiger partial charge on any atom is -0.311 e. The van der Waals surface area contributed by atoms with E-state index < -0.39 is 0 Å². The SMILES string of the molecule is [C]1CCC2CCC1N2. The van der Waals surface area contributed by atoms with Crippen molar-refractivity contribution in [3.63, 3.8) is 0 Å². The van der Waals surface area contributed by atoms with Crippen LogP contribution in [0.5, 0.6) is 0 Å². The van der Waals surface area contributed by atoms with Gasteiger partial charge in [0.25, 0.3) is 0 Å². The van der Waals surface area contributed by atoms with Gasteiger partial charge in [-0.1, -0.05) is 0 Å². The van der Waals surface area contributed by atoms with Crippen LogP contribution in [0.1, 0.15) is 25.7 Å². The average molecular weight is 109 g/mol. The molecule has 2 heterocycles. The van der Waals surface area contributed by atoms with Gasteiger partial charge < -0.3 is 5.32 Å². The summed E-state index contributed by atoms with van der Waals surface area (Å²) in [5, 5.41) is 3.48. The lowest BCUT2D eigenvalue weighted by atomic mass is 10.1. The number of hydrogen-bond donors (Lipinski definition) is 1. The molecule has 2 saturated heterocycles. The molecule has 2 bridgehead atoms. The molecule has 1 heteroatoms. The summed E-state index contributed by atoms with van der Waals surface area (Å²) in [6, 6.07) is 1.51. The van der Waals surface area contributed by atoms with E-state index in [9.17, 15) is 0 Å². The van der Waals surface area contributed by atoms with E-state index in [0.29, 0.717) is 6.04 Å². The van der Waals surface area contributed by atoms with Crippen LogP contribution < -0.4 is 5.32 Å². The Morgan fingerprint density at radius 2 is 2.25 bits per heavy atom. The fraction of sp³-hybridized carbons (Fsp3) is 0.857. The molecule has 0 saturated carbocycles. The Labute approximate surface area is 50.5 Å². The minimum atomic E-state index is 0.661. The maximum atomic E-state index is 3.48. The first kappa shape index (κ1) is 4.80. The van der Waals surface area contributed by atoms with Crippen molar-refractivity contribution in [1.82, 2.24) is 5.32 Å². The van der Waals surface area contributed by atoms with Gasteiger partial charge in [-0.2, -0.15) is 0 Å². The van der Waals surface area contributed by atoms with Crippen LogP contribution in [0, 0.1) is 6.42 Å². The highest BCUT2D eigenvalue weighted by atomic mass is 15.0. The molecule has 2 atom stereocenters. The first-order chi connectivity index (χ1) is 3.95. The molecule has 2 unspecified atom stereocenters. The molecule has 44 valence electrons. The molecule has 0 aromatic carbocycles. The predicted octanol–water partition coefficient (Wildman–Crippen LogP) is 0.982. The van der Waals surface area contributed by atoms with Gasteiger partial charge in [0.2, 0.25) is 0 Å². The van der Waals surface area contributed by atoms with Crippen LogP contribution in [0.25, 0.3) is 0 Å². The zero-order valence-corrected chi connectivity index (χ0v) is 4.98. The lowest BCUT2D eigenvalue weighted by molar-refractivity contribution is 0.474. The Balaban J connectivity index is 2.03. The minimum absolute atomic E-state index is 0.661. The molecule has 2 radical (unpaired) electrons. The van der Waals surface area contributed by atoms with Gasteiger partial charge in [-0.25, -0.2) is 0 Å². The van der Waals surface area contributed by atoms with E-state index in [2.05, 4.69) is 11.7 Å². The molecule has 0 aromatic heterocycles. The van der Waals surface area contributed by atoms with Gasteiger partial charge in [0.1, 0.15) is 0 Å². The van der Waals surface area contributed by atoms with E-state index in [4.69, 9.17) is 0 Å². The van der Waals surface area contributed by atoms with Crippen molar-refractivity contribution in [2.75, 3.05) is 0 Å². The Morgan fingerprint density at radius 3 is 3.00 bits per heavy atom. The second kappa shape index (κ2) is 1.73. The first-order valence-corrected chi connectivity index (χ1v) is 3.44. The number of piperidine rings is 1. The fourth-order valence-corrected chi connectivity index (χ4v) is 1.64. The summed E-state index contributed by atoms with van der Waals surface area (Å²) in [5.74, 6) is 0. The summed E-state index contributed by atoms with van der Waals surface area (Å²) in [6.45, 7) is 0. The summed E-state index contributed by atoms with van der Waals surface area (Å²) >= 11 is 0. The summed E-state index contributed by atoms with van der Waals surface area (Å²) in [5.41, 5.74) is 0. The molecule has 1 N–H and O–H groups in total. The van der Waals surface area contributed by atoms with Gasteiger partial charge >= 0.3 is 0 Å². The highest BCUT2D eigenvalue weighted by Gasteiger charge is 2.27. The summed E-state index contributed by atoms with van der Waals surface area (Å²) < 4.78 is 0. The zero-order valence-electron chi connectivity index (χ0n) is 4.98. The third kappa shape index (κ3) is 0.655. The normalized spacial score (nSPS) is 45.0. The van der Waals surface area contributed by atoms with Gasteiger partial charge in [0.15, 0.2) is 0 Å². The van der Waals surface area contributed by atoms with Gasteiger partial charge in [0, 0.05) is 18.5 Å². The van der Waals surface area contributed by atoms with Crippen LogP contribution in [-0.2, 0) is 0 Å². The second-order valence-corrected chi connectivity index (χ2v) is 2.74. The second-order valence-electron chi connectivity index (χ2n) is 2.74. The summed E-state index contributed by atoms with van der Waals surface area (Å²) in [4.78, 5) is 0. The van der Waals surface area contributed by atoms with Crippen molar-refractivity contribution in [3.8, 4) is 0 Å². The highest BCUT2D eigenvalue weighted by molar-refractivity contribution is 4.97. The van der Waals surface area contributed by atoms with E-state index in [-0.39, 0.29) is 0 Å². The number of nitrogens with one attached hydrogen (secondary N) is 1. The van der Waals surface area contributed by atoms with Crippen molar-refractivity contribution in [2.45, 2.75) is 37.8 Å². The molecule has 0 amide bonds. The number of hydrogen-bond acceptors (Lipinski definition) is 1. The molecular weight excluding hydrogens is 98.1 g/mol. The van der Waals surface area contributed by atoms with Crippen molar-refractivity contribution in [3.05, 3.63) is 6.42 Å². The molecule has 2 aliphatic rings. The van der Waals surface area contributed by atoms with E-state index in [1.807, 2.05) is 0 Å². The summed E-state index contributed by atoms with van der Waals surface area (Å²) in [6.07, 6.45) is 8.68. The van der Waals surface area contributed by atoms with E-state index in [1.54, 1.807) is 0 Å². The lowest BCUT2D eigenvalue weighted by Crippen LogP contribution is -2.33. The maximum Gasteiger partial charge on any atom is 0.0139 e. The first-order valence-electron chi connectivity index (χ1n) is 3.44. The summed E-state index contributed by atoms with van der Waals surface area (Å²) in [7, 11) is 0. The van der Waals surface area contributed by atoms with E-state index in [0.717, 1.165) is 6.04 Å². The molecule has 8 heavy (non-hydrogen) atoms. The predicted molar refractivity (Wildman–Crippen MR) is 32.4 cm³/mol. The zero-order chi connectivity index (χ0) is 5.40. The molecule has 0 spiro atoms. The lowest BCUT2D eigenvalue weighted by Gasteiger charge is -2.18. The third-order valence-electron chi connectivity index (χ3n) is 2.12. The molecule has 2 fully saturated rings. The van der Waals surface area contributed by atoms with Gasteiger partial charge in [-0.3, -0.25) is 0 Å². The van der Waals surface area contributed by atoms with Crippen molar-refractivity contribution >= 4 is 0 Å². The standard InChI is InChI=1S/C7H11N/c1-2-6-4-5-7(3-1)8-6/h6-8H,1-2,4-5H2. The molecule has 1 nitrogen and oxygen atoms in total. The van der Waals surface area contributed by atoms with Crippen LogP contribution in [0.2, 0.25) is 0 Å². The van der Waals surface area contributed by atoms with E-state index >= 15 is 0 Å². The Kier molecular flexibility index (Phi) is 1.04. The van der Waals surface area contributed by atoms with Crippen LogP contribution in [0.15, 0.2) is 0 Å². The van der Waals surface area contributed by atoms with E-state index in [1.165, 1.54) is 25.7 Å². The number of rotatable bonds is 0. The van der Waals surface area contributed by atoms with Crippen LogP contribution >= 0.6 is 0 Å². The highest BCUT2D eigenvalue weighted by Crippen LogP contribution is 2.24. The molecule has 0 aromatic rings. The van der Waals surface area contributed by atoms with Gasteiger partial charge in [-0.05, 0) is 25.7 Å². The Morgan fingerprint density at radius 1 is 1.25 bits per heavy atom. The smallest absolute Gasteiger partial charge is 0.0139 e. The largest absolute Gasteiger partial charge is 0.311 e.